The number of benzene rings is 2. The quantitative estimate of drug-likeness (QED) is 0.884. The van der Waals surface area contributed by atoms with E-state index in [1.54, 1.807) is 24.3 Å². The van der Waals surface area contributed by atoms with Crippen LogP contribution in [0.5, 0.6) is 0 Å². The van der Waals surface area contributed by atoms with Gasteiger partial charge in [-0.1, -0.05) is 17.7 Å². The number of carbonyl (C=O) groups excluding carboxylic acids is 2. The van der Waals surface area contributed by atoms with E-state index in [0.717, 1.165) is 32.4 Å². The number of amides is 2. The summed E-state index contributed by atoms with van der Waals surface area (Å²) in [6.07, 6.45) is 3.17. The van der Waals surface area contributed by atoms with Crippen molar-refractivity contribution in [1.82, 2.24) is 4.90 Å². The van der Waals surface area contributed by atoms with Crippen LogP contribution >= 0.6 is 11.6 Å². The zero-order chi connectivity index (χ0) is 17.8. The van der Waals surface area contributed by atoms with Gasteiger partial charge in [-0.2, -0.15) is 0 Å². The van der Waals surface area contributed by atoms with Gasteiger partial charge in [0.2, 0.25) is 0 Å². The van der Waals surface area contributed by atoms with E-state index in [1.807, 2.05) is 4.90 Å². The first-order valence-electron chi connectivity index (χ1n) is 8.20. The largest absolute Gasteiger partial charge is 0.339 e. The van der Waals surface area contributed by atoms with Crippen molar-refractivity contribution in [3.05, 3.63) is 64.4 Å². The molecule has 2 aromatic rings. The topological polar surface area (TPSA) is 49.4 Å². The fraction of sp³-hybridized carbons (Fsp3) is 0.263. The number of likely N-dealkylation sites (tertiary alicyclic amines) is 1. The molecule has 6 heteroatoms. The minimum absolute atomic E-state index is 0.0563. The van der Waals surface area contributed by atoms with Crippen LogP contribution in [-0.4, -0.2) is 29.8 Å². The number of carbonyl (C=O) groups is 2. The van der Waals surface area contributed by atoms with Gasteiger partial charge in [-0.3, -0.25) is 9.59 Å². The molecule has 0 atom stereocenters. The standard InChI is InChI=1S/C19H18ClFN2O2/c20-16-12-15(7-8-17(16)21)22-18(24)13-5-4-6-14(11-13)19(25)23-9-2-1-3-10-23/h4-8,11-12H,1-3,9-10H2,(H,22,24). The van der Waals surface area contributed by atoms with Gasteiger partial charge < -0.3 is 10.2 Å². The molecule has 0 unspecified atom stereocenters. The Bertz CT molecular complexity index is 804. The lowest BCUT2D eigenvalue weighted by Gasteiger charge is -2.26. The van der Waals surface area contributed by atoms with Crippen LogP contribution in [0.3, 0.4) is 0 Å². The molecule has 0 spiro atoms. The van der Waals surface area contributed by atoms with Gasteiger partial charge in [0, 0.05) is 29.9 Å². The normalized spacial score (nSPS) is 14.2. The molecular weight excluding hydrogens is 343 g/mol. The molecule has 0 aliphatic carbocycles. The van der Waals surface area contributed by atoms with Crippen molar-refractivity contribution in [2.45, 2.75) is 19.3 Å². The zero-order valence-electron chi connectivity index (χ0n) is 13.6. The van der Waals surface area contributed by atoms with Crippen LogP contribution in [0, 0.1) is 5.82 Å². The highest BCUT2D eigenvalue weighted by molar-refractivity contribution is 6.31. The van der Waals surface area contributed by atoms with E-state index >= 15 is 0 Å². The molecule has 1 saturated heterocycles. The molecule has 0 bridgehead atoms. The molecule has 25 heavy (non-hydrogen) atoms. The summed E-state index contributed by atoms with van der Waals surface area (Å²) in [7, 11) is 0. The Kier molecular flexibility index (Phi) is 5.34. The van der Waals surface area contributed by atoms with Crippen LogP contribution in [0.15, 0.2) is 42.5 Å². The Morgan fingerprint density at radius 2 is 1.72 bits per heavy atom. The van der Waals surface area contributed by atoms with Crippen molar-refractivity contribution in [3.8, 4) is 0 Å². The van der Waals surface area contributed by atoms with Crippen LogP contribution in [0.4, 0.5) is 10.1 Å². The summed E-state index contributed by atoms with van der Waals surface area (Å²) in [5.41, 5.74) is 1.25. The molecule has 2 amide bonds. The number of nitrogens with one attached hydrogen (secondary N) is 1. The number of anilines is 1. The van der Waals surface area contributed by atoms with E-state index in [-0.39, 0.29) is 16.8 Å². The highest BCUT2D eigenvalue weighted by Crippen LogP contribution is 2.20. The molecule has 0 saturated carbocycles. The fourth-order valence-electron chi connectivity index (χ4n) is 2.85. The van der Waals surface area contributed by atoms with E-state index in [0.29, 0.717) is 16.8 Å². The highest BCUT2D eigenvalue weighted by Gasteiger charge is 2.19. The predicted octanol–water partition coefficient (Wildman–Crippen LogP) is 4.36. The molecule has 0 aromatic heterocycles. The monoisotopic (exact) mass is 360 g/mol. The highest BCUT2D eigenvalue weighted by atomic mass is 35.5. The maximum Gasteiger partial charge on any atom is 0.255 e. The van der Waals surface area contributed by atoms with Crippen molar-refractivity contribution in [3.63, 3.8) is 0 Å². The minimum atomic E-state index is -0.547. The smallest absolute Gasteiger partial charge is 0.255 e. The Hall–Kier alpha value is -2.40. The molecule has 130 valence electrons. The van der Waals surface area contributed by atoms with Crippen molar-refractivity contribution in [2.75, 3.05) is 18.4 Å². The van der Waals surface area contributed by atoms with E-state index in [2.05, 4.69) is 5.32 Å². The molecule has 3 rings (SSSR count). The average Bonchev–Trinajstić information content (AvgIpc) is 2.65. The molecule has 1 heterocycles. The van der Waals surface area contributed by atoms with Crippen LogP contribution in [0.25, 0.3) is 0 Å². The first kappa shape index (κ1) is 17.4. The van der Waals surface area contributed by atoms with Gasteiger partial charge in [-0.05, 0) is 55.7 Å². The summed E-state index contributed by atoms with van der Waals surface area (Å²) in [5, 5.41) is 2.59. The number of hydrogen-bond acceptors (Lipinski definition) is 2. The summed E-state index contributed by atoms with van der Waals surface area (Å²) < 4.78 is 13.2. The van der Waals surface area contributed by atoms with Gasteiger partial charge in [0.1, 0.15) is 5.82 Å². The molecule has 1 fully saturated rings. The second-order valence-corrected chi connectivity index (χ2v) is 6.42. The van der Waals surface area contributed by atoms with Gasteiger partial charge in [0.25, 0.3) is 11.8 Å². The Morgan fingerprint density at radius 1 is 1.00 bits per heavy atom. The molecule has 1 N–H and O–H groups in total. The third-order valence-corrected chi connectivity index (χ3v) is 4.48. The summed E-state index contributed by atoms with van der Waals surface area (Å²) in [6.45, 7) is 1.51. The second kappa shape index (κ2) is 7.66. The van der Waals surface area contributed by atoms with Crippen LogP contribution in [0.1, 0.15) is 40.0 Å². The maximum atomic E-state index is 13.2. The molecule has 2 aromatic carbocycles. The SMILES string of the molecule is O=C(Nc1ccc(F)c(Cl)c1)c1cccc(C(=O)N2CCCCC2)c1. The summed E-state index contributed by atoms with van der Waals surface area (Å²) in [6, 6.07) is 10.6. The summed E-state index contributed by atoms with van der Waals surface area (Å²) in [5.74, 6) is -0.982. The minimum Gasteiger partial charge on any atom is -0.339 e. The van der Waals surface area contributed by atoms with Crippen molar-refractivity contribution in [2.24, 2.45) is 0 Å². The van der Waals surface area contributed by atoms with Crippen LogP contribution in [0.2, 0.25) is 5.02 Å². The van der Waals surface area contributed by atoms with Crippen molar-refractivity contribution >= 4 is 29.1 Å². The molecule has 1 aliphatic rings. The maximum absolute atomic E-state index is 13.2. The third-order valence-electron chi connectivity index (χ3n) is 4.19. The Balaban J connectivity index is 1.74. The second-order valence-electron chi connectivity index (χ2n) is 6.02. The van der Waals surface area contributed by atoms with Crippen molar-refractivity contribution < 1.29 is 14.0 Å². The fourth-order valence-corrected chi connectivity index (χ4v) is 3.03. The van der Waals surface area contributed by atoms with Crippen molar-refractivity contribution in [1.29, 1.82) is 0 Å². The Labute approximate surface area is 150 Å². The summed E-state index contributed by atoms with van der Waals surface area (Å²) in [4.78, 5) is 26.8. The molecule has 1 aliphatic heterocycles. The number of nitrogens with zero attached hydrogens (tertiary/aromatic N) is 1. The molecular formula is C19H18ClFN2O2. The predicted molar refractivity (Wildman–Crippen MR) is 95.6 cm³/mol. The molecule has 0 radical (unpaired) electrons. The number of halogens is 2. The molecule has 4 nitrogen and oxygen atoms in total. The Morgan fingerprint density at radius 3 is 2.44 bits per heavy atom. The van der Waals surface area contributed by atoms with E-state index < -0.39 is 5.82 Å². The van der Waals surface area contributed by atoms with Crippen LogP contribution in [-0.2, 0) is 0 Å². The number of hydrogen-bond donors (Lipinski definition) is 1. The van der Waals surface area contributed by atoms with E-state index in [9.17, 15) is 14.0 Å². The van der Waals surface area contributed by atoms with Gasteiger partial charge >= 0.3 is 0 Å². The van der Waals surface area contributed by atoms with Crippen LogP contribution < -0.4 is 5.32 Å². The first-order chi connectivity index (χ1) is 12.0. The lowest BCUT2D eigenvalue weighted by molar-refractivity contribution is 0.0724. The summed E-state index contributed by atoms with van der Waals surface area (Å²) >= 11 is 5.72. The van der Waals surface area contributed by atoms with Gasteiger partial charge in [0.05, 0.1) is 5.02 Å². The first-order valence-corrected chi connectivity index (χ1v) is 8.58. The van der Waals surface area contributed by atoms with Gasteiger partial charge in [0.15, 0.2) is 0 Å². The average molecular weight is 361 g/mol. The van der Waals surface area contributed by atoms with E-state index in [1.165, 1.54) is 18.2 Å². The zero-order valence-corrected chi connectivity index (χ0v) is 14.4. The van der Waals surface area contributed by atoms with Gasteiger partial charge in [-0.15, -0.1) is 0 Å². The lowest BCUT2D eigenvalue weighted by Crippen LogP contribution is -2.35. The number of piperidine rings is 1. The van der Waals surface area contributed by atoms with E-state index in [4.69, 9.17) is 11.6 Å². The number of rotatable bonds is 3. The lowest BCUT2D eigenvalue weighted by atomic mass is 10.1. The third kappa shape index (κ3) is 4.17. The van der Waals surface area contributed by atoms with Gasteiger partial charge in [-0.25, -0.2) is 4.39 Å².